The molecule has 0 spiro atoms. The van der Waals surface area contributed by atoms with Crippen molar-refractivity contribution < 1.29 is 4.79 Å². The summed E-state index contributed by atoms with van der Waals surface area (Å²) in [6, 6.07) is 7.59. The second-order valence-corrected chi connectivity index (χ2v) is 3.50. The molecule has 2 N–H and O–H groups in total. The molecule has 0 aromatic heterocycles. The maximum atomic E-state index is 11.6. The summed E-state index contributed by atoms with van der Waals surface area (Å²) in [7, 11) is 0. The third-order valence-electron chi connectivity index (χ3n) is 2.38. The molecule has 0 fully saturated rings. The average Bonchev–Trinajstić information content (AvgIpc) is 2.18. The highest BCUT2D eigenvalue weighted by Gasteiger charge is 2.21. The Morgan fingerprint density at radius 2 is 2.07 bits per heavy atom. The molecule has 3 nitrogen and oxygen atoms in total. The predicted octanol–water partition coefficient (Wildman–Crippen LogP) is 1.97. The molecule has 0 bridgehead atoms. The van der Waals surface area contributed by atoms with Crippen LogP contribution in [0.25, 0.3) is 0 Å². The number of carbonyl (C=O) groups is 1. The minimum absolute atomic E-state index is 0.0257. The van der Waals surface area contributed by atoms with Gasteiger partial charge in [0.2, 0.25) is 0 Å². The first-order chi connectivity index (χ1) is 6.81. The zero-order valence-corrected chi connectivity index (χ0v) is 8.21. The number of amides is 1. The Hall–Kier alpha value is -1.51. The van der Waals surface area contributed by atoms with Crippen molar-refractivity contribution >= 4 is 11.6 Å². The van der Waals surface area contributed by atoms with Crippen LogP contribution in [0.3, 0.4) is 0 Å². The Bertz CT molecular complexity index is 349. The Morgan fingerprint density at radius 1 is 1.29 bits per heavy atom. The smallest absolute Gasteiger partial charge is 0.254 e. The molecule has 1 aliphatic heterocycles. The van der Waals surface area contributed by atoms with Crippen LogP contribution >= 0.6 is 0 Å². The molecule has 74 valence electrons. The molecule has 14 heavy (non-hydrogen) atoms. The van der Waals surface area contributed by atoms with Crippen molar-refractivity contribution in [3.05, 3.63) is 29.8 Å². The van der Waals surface area contributed by atoms with Gasteiger partial charge < -0.3 is 10.6 Å². The van der Waals surface area contributed by atoms with E-state index in [2.05, 4.69) is 17.6 Å². The van der Waals surface area contributed by atoms with Crippen molar-refractivity contribution in [3.63, 3.8) is 0 Å². The molecular formula is C11H14N2O. The third-order valence-corrected chi connectivity index (χ3v) is 2.38. The van der Waals surface area contributed by atoms with E-state index in [4.69, 9.17) is 0 Å². The number of nitrogens with one attached hydrogen (secondary N) is 2. The first-order valence-electron chi connectivity index (χ1n) is 4.97. The van der Waals surface area contributed by atoms with Crippen LogP contribution in [0.4, 0.5) is 5.69 Å². The van der Waals surface area contributed by atoms with E-state index in [-0.39, 0.29) is 12.1 Å². The van der Waals surface area contributed by atoms with Gasteiger partial charge in [0.05, 0.1) is 11.7 Å². The molecule has 0 radical (unpaired) electrons. The van der Waals surface area contributed by atoms with Gasteiger partial charge in [0.25, 0.3) is 5.91 Å². The van der Waals surface area contributed by atoms with Crippen LogP contribution in [0.15, 0.2) is 24.3 Å². The van der Waals surface area contributed by atoms with Crippen LogP contribution < -0.4 is 10.6 Å². The minimum atomic E-state index is 0.0257. The highest BCUT2D eigenvalue weighted by Crippen LogP contribution is 2.20. The lowest BCUT2D eigenvalue weighted by molar-refractivity contribution is 0.0934. The van der Waals surface area contributed by atoms with E-state index in [1.165, 1.54) is 0 Å². The van der Waals surface area contributed by atoms with Gasteiger partial charge in [-0.05, 0) is 18.6 Å². The Balaban J connectivity index is 2.24. The van der Waals surface area contributed by atoms with E-state index < -0.39 is 0 Å². The summed E-state index contributed by atoms with van der Waals surface area (Å²) in [6.07, 6.45) is 2.10. The van der Waals surface area contributed by atoms with Crippen LogP contribution in [-0.4, -0.2) is 12.1 Å². The Labute approximate surface area is 83.5 Å². The number of benzene rings is 1. The fourth-order valence-electron chi connectivity index (χ4n) is 1.70. The summed E-state index contributed by atoms with van der Waals surface area (Å²) in [4.78, 5) is 11.6. The predicted molar refractivity (Wildman–Crippen MR) is 56.2 cm³/mol. The highest BCUT2D eigenvalue weighted by atomic mass is 16.2. The van der Waals surface area contributed by atoms with Crippen molar-refractivity contribution in [1.29, 1.82) is 0 Å². The lowest BCUT2D eigenvalue weighted by Crippen LogP contribution is -2.44. The third kappa shape index (κ3) is 1.58. The molecule has 1 amide bonds. The van der Waals surface area contributed by atoms with E-state index in [0.29, 0.717) is 0 Å². The largest absolute Gasteiger partial charge is 0.365 e. The van der Waals surface area contributed by atoms with Gasteiger partial charge in [0.15, 0.2) is 0 Å². The summed E-state index contributed by atoms with van der Waals surface area (Å²) in [5, 5.41) is 6.22. The molecule has 1 aliphatic rings. The average molecular weight is 190 g/mol. The molecule has 1 aromatic rings. The summed E-state index contributed by atoms with van der Waals surface area (Å²) in [5.41, 5.74) is 1.68. The van der Waals surface area contributed by atoms with Crippen molar-refractivity contribution in [2.24, 2.45) is 0 Å². The maximum absolute atomic E-state index is 11.6. The second kappa shape index (κ2) is 3.70. The van der Waals surface area contributed by atoms with E-state index in [1.807, 2.05) is 24.3 Å². The number of hydrogen-bond acceptors (Lipinski definition) is 2. The van der Waals surface area contributed by atoms with Crippen LogP contribution in [-0.2, 0) is 0 Å². The standard InChI is InChI=1S/C11H14N2O/c1-2-5-10-12-9-7-4-3-6-8(9)11(14)13-10/h3-4,6-7,10,12H,2,5H2,1H3,(H,13,14)/t10-/m1/s1. The van der Waals surface area contributed by atoms with Crippen molar-refractivity contribution in [3.8, 4) is 0 Å². The van der Waals surface area contributed by atoms with E-state index >= 15 is 0 Å². The second-order valence-electron chi connectivity index (χ2n) is 3.50. The van der Waals surface area contributed by atoms with Crippen LogP contribution in [0.5, 0.6) is 0 Å². The van der Waals surface area contributed by atoms with E-state index in [1.54, 1.807) is 0 Å². The number of para-hydroxylation sites is 1. The van der Waals surface area contributed by atoms with Gasteiger partial charge in [-0.2, -0.15) is 0 Å². The van der Waals surface area contributed by atoms with Gasteiger partial charge in [-0.25, -0.2) is 0 Å². The van der Waals surface area contributed by atoms with Crippen molar-refractivity contribution in [2.45, 2.75) is 25.9 Å². The lowest BCUT2D eigenvalue weighted by Gasteiger charge is -2.27. The first-order valence-corrected chi connectivity index (χ1v) is 4.97. The SMILES string of the molecule is CCC[C@H]1NC(=O)c2ccccc2N1. The van der Waals surface area contributed by atoms with Crippen LogP contribution in [0, 0.1) is 0 Å². The van der Waals surface area contributed by atoms with Gasteiger partial charge in [0.1, 0.15) is 0 Å². The number of hydrogen-bond donors (Lipinski definition) is 2. The fraction of sp³-hybridized carbons (Fsp3) is 0.364. The minimum Gasteiger partial charge on any atom is -0.365 e. The molecule has 2 rings (SSSR count). The molecule has 1 atom stereocenters. The molecule has 0 saturated carbocycles. The zero-order chi connectivity index (χ0) is 9.97. The topological polar surface area (TPSA) is 41.1 Å². The summed E-state index contributed by atoms with van der Waals surface area (Å²) >= 11 is 0. The van der Waals surface area contributed by atoms with Gasteiger partial charge >= 0.3 is 0 Å². The summed E-state index contributed by atoms with van der Waals surface area (Å²) < 4.78 is 0. The fourth-order valence-corrected chi connectivity index (χ4v) is 1.70. The molecule has 0 unspecified atom stereocenters. The number of carbonyl (C=O) groups excluding carboxylic acids is 1. The Kier molecular flexibility index (Phi) is 2.39. The maximum Gasteiger partial charge on any atom is 0.254 e. The highest BCUT2D eigenvalue weighted by molar-refractivity contribution is 6.01. The zero-order valence-electron chi connectivity index (χ0n) is 8.21. The molecule has 0 aliphatic carbocycles. The molecule has 1 aromatic carbocycles. The van der Waals surface area contributed by atoms with Gasteiger partial charge in [-0.15, -0.1) is 0 Å². The molecular weight excluding hydrogens is 176 g/mol. The van der Waals surface area contributed by atoms with Crippen LogP contribution in [0.2, 0.25) is 0 Å². The molecule has 0 saturated heterocycles. The summed E-state index contributed by atoms with van der Waals surface area (Å²) in [6.45, 7) is 2.11. The molecule has 1 heterocycles. The van der Waals surface area contributed by atoms with Gasteiger partial charge in [-0.3, -0.25) is 4.79 Å². The van der Waals surface area contributed by atoms with E-state index in [0.717, 1.165) is 24.1 Å². The van der Waals surface area contributed by atoms with Crippen molar-refractivity contribution in [1.82, 2.24) is 5.32 Å². The van der Waals surface area contributed by atoms with E-state index in [9.17, 15) is 4.79 Å². The lowest BCUT2D eigenvalue weighted by atomic mass is 10.1. The number of fused-ring (bicyclic) bond motifs is 1. The normalized spacial score (nSPS) is 19.5. The summed E-state index contributed by atoms with van der Waals surface area (Å²) in [5.74, 6) is 0.0257. The quantitative estimate of drug-likeness (QED) is 0.748. The monoisotopic (exact) mass is 190 g/mol. The van der Waals surface area contributed by atoms with Crippen molar-refractivity contribution in [2.75, 3.05) is 5.32 Å². The van der Waals surface area contributed by atoms with Crippen LogP contribution in [0.1, 0.15) is 30.1 Å². The van der Waals surface area contributed by atoms with Gasteiger partial charge in [-0.1, -0.05) is 25.5 Å². The first kappa shape index (κ1) is 9.06. The Morgan fingerprint density at radius 3 is 2.86 bits per heavy atom. The number of anilines is 1. The molecule has 3 heteroatoms. The number of rotatable bonds is 2. The van der Waals surface area contributed by atoms with Gasteiger partial charge in [0, 0.05) is 5.69 Å².